The summed E-state index contributed by atoms with van der Waals surface area (Å²) in [4.78, 5) is 21.9. The minimum Gasteiger partial charge on any atom is -0.469 e. The van der Waals surface area contributed by atoms with E-state index < -0.39 is 24.1 Å². The van der Waals surface area contributed by atoms with Gasteiger partial charge in [0.25, 0.3) is 0 Å². The van der Waals surface area contributed by atoms with E-state index in [-0.39, 0.29) is 12.2 Å². The third-order valence-electron chi connectivity index (χ3n) is 2.92. The van der Waals surface area contributed by atoms with Crippen molar-refractivity contribution < 1.29 is 28.9 Å². The van der Waals surface area contributed by atoms with Crippen LogP contribution >= 0.6 is 0 Å². The van der Waals surface area contributed by atoms with Gasteiger partial charge in [-0.1, -0.05) is 0 Å². The van der Waals surface area contributed by atoms with Crippen molar-refractivity contribution in [3.05, 3.63) is 0 Å². The highest BCUT2D eigenvalue weighted by molar-refractivity contribution is 5.75. The smallest absolute Gasteiger partial charge is 0.469 e. The van der Waals surface area contributed by atoms with Crippen LogP contribution in [0.15, 0.2) is 0 Å². The number of ether oxygens (including phenoxy) is 3. The molecule has 2 fully saturated rings. The lowest BCUT2D eigenvalue weighted by molar-refractivity contribution is -0.150. The minimum atomic E-state index is -1.38. The second-order valence-electron chi connectivity index (χ2n) is 3.69. The van der Waals surface area contributed by atoms with Crippen molar-refractivity contribution >= 4 is 12.1 Å². The lowest BCUT2D eigenvalue weighted by atomic mass is 9.86. The van der Waals surface area contributed by atoms with Gasteiger partial charge in [0.05, 0.1) is 19.3 Å². The first-order chi connectivity index (χ1) is 7.13. The monoisotopic (exact) mass is 216 g/mol. The van der Waals surface area contributed by atoms with Crippen LogP contribution in [0.25, 0.3) is 0 Å². The molecule has 84 valence electrons. The Hall–Kier alpha value is -1.30. The number of methoxy groups -OCH3 is 1. The van der Waals surface area contributed by atoms with Gasteiger partial charge in [-0.25, -0.2) is 4.79 Å². The summed E-state index contributed by atoms with van der Waals surface area (Å²) in [5, 5.41) is 8.54. The molecule has 0 aromatic heterocycles. The first-order valence-electron chi connectivity index (χ1n) is 4.76. The number of fused-ring (bicyclic) bond motifs is 2. The molecule has 0 radical (unpaired) electrons. The van der Waals surface area contributed by atoms with Crippen LogP contribution in [0.1, 0.15) is 12.8 Å². The average molecular weight is 216 g/mol. The highest BCUT2D eigenvalue weighted by Gasteiger charge is 2.55. The molecule has 2 saturated heterocycles. The molecule has 15 heavy (non-hydrogen) atoms. The Balaban J connectivity index is 2.12. The van der Waals surface area contributed by atoms with Gasteiger partial charge in [-0.3, -0.25) is 4.79 Å². The van der Waals surface area contributed by atoms with Crippen molar-refractivity contribution in [1.29, 1.82) is 0 Å². The maximum atomic E-state index is 11.4. The molecule has 2 bridgehead atoms. The van der Waals surface area contributed by atoms with Crippen LogP contribution in [0.5, 0.6) is 0 Å². The zero-order chi connectivity index (χ0) is 11.0. The van der Waals surface area contributed by atoms with E-state index in [1.54, 1.807) is 0 Å². The number of carbonyl (C=O) groups is 2. The third kappa shape index (κ3) is 1.65. The van der Waals surface area contributed by atoms with Gasteiger partial charge in [0, 0.05) is 0 Å². The van der Waals surface area contributed by atoms with Crippen LogP contribution in [0.2, 0.25) is 0 Å². The van der Waals surface area contributed by atoms with Gasteiger partial charge < -0.3 is 19.3 Å². The Morgan fingerprint density at radius 1 is 1.33 bits per heavy atom. The molecule has 0 amide bonds. The number of hydrogen-bond donors (Lipinski definition) is 1. The third-order valence-corrected chi connectivity index (χ3v) is 2.92. The molecule has 6 nitrogen and oxygen atoms in total. The van der Waals surface area contributed by atoms with Gasteiger partial charge >= 0.3 is 12.1 Å². The Kier molecular flexibility index (Phi) is 2.52. The fourth-order valence-corrected chi connectivity index (χ4v) is 2.33. The zero-order valence-corrected chi connectivity index (χ0v) is 8.21. The first-order valence-corrected chi connectivity index (χ1v) is 4.76. The van der Waals surface area contributed by atoms with E-state index in [0.717, 1.165) is 12.8 Å². The second kappa shape index (κ2) is 3.69. The van der Waals surface area contributed by atoms with Gasteiger partial charge in [-0.2, -0.15) is 0 Å². The van der Waals surface area contributed by atoms with Crippen molar-refractivity contribution in [3.63, 3.8) is 0 Å². The molecule has 6 heteroatoms. The number of carbonyl (C=O) groups excluding carboxylic acids is 1. The Morgan fingerprint density at radius 2 is 2.00 bits per heavy atom. The lowest BCUT2D eigenvalue weighted by Crippen LogP contribution is -2.41. The largest absolute Gasteiger partial charge is 0.506 e. The number of hydrogen-bond acceptors (Lipinski definition) is 5. The SMILES string of the molecule is COC(=O)C1C2CCC(O2)C1OC(=O)O. The molecular formula is C9H12O6. The molecule has 2 heterocycles. The van der Waals surface area contributed by atoms with Gasteiger partial charge in [0.1, 0.15) is 12.0 Å². The van der Waals surface area contributed by atoms with Crippen molar-refractivity contribution in [2.24, 2.45) is 5.92 Å². The van der Waals surface area contributed by atoms with Crippen molar-refractivity contribution in [1.82, 2.24) is 0 Å². The number of esters is 1. The topological polar surface area (TPSA) is 82.1 Å². The standard InChI is InChI=1S/C9H12O6/c1-13-8(10)6-4-2-3-5(14-4)7(6)15-9(11)12/h4-7H,2-3H2,1H3,(H,11,12). The van der Waals surface area contributed by atoms with E-state index in [1.807, 2.05) is 0 Å². The molecular weight excluding hydrogens is 204 g/mol. The predicted molar refractivity (Wildman–Crippen MR) is 46.3 cm³/mol. The molecule has 4 unspecified atom stereocenters. The Labute approximate surface area is 86.1 Å². The Bertz CT molecular complexity index is 288. The van der Waals surface area contributed by atoms with Gasteiger partial charge in [0.15, 0.2) is 0 Å². The van der Waals surface area contributed by atoms with Crippen molar-refractivity contribution in [3.8, 4) is 0 Å². The number of carboxylic acid groups (broad SMARTS) is 1. The molecule has 0 saturated carbocycles. The summed E-state index contributed by atoms with van der Waals surface area (Å²) in [6, 6.07) is 0. The van der Waals surface area contributed by atoms with Crippen LogP contribution in [0.4, 0.5) is 4.79 Å². The summed E-state index contributed by atoms with van der Waals surface area (Å²) >= 11 is 0. The van der Waals surface area contributed by atoms with E-state index in [9.17, 15) is 9.59 Å². The molecule has 0 aliphatic carbocycles. The van der Waals surface area contributed by atoms with E-state index in [1.165, 1.54) is 7.11 Å². The van der Waals surface area contributed by atoms with Crippen LogP contribution in [-0.4, -0.2) is 42.7 Å². The van der Waals surface area contributed by atoms with Crippen LogP contribution in [-0.2, 0) is 19.0 Å². The highest BCUT2D eigenvalue weighted by atomic mass is 16.7. The van der Waals surface area contributed by atoms with Crippen LogP contribution in [0.3, 0.4) is 0 Å². The van der Waals surface area contributed by atoms with Gasteiger partial charge in [-0.05, 0) is 12.8 Å². The summed E-state index contributed by atoms with van der Waals surface area (Å²) in [7, 11) is 1.27. The second-order valence-corrected chi connectivity index (χ2v) is 3.69. The van der Waals surface area contributed by atoms with E-state index >= 15 is 0 Å². The molecule has 2 aliphatic heterocycles. The first kappa shape index (κ1) is 10.2. The molecule has 0 aromatic carbocycles. The fraction of sp³-hybridized carbons (Fsp3) is 0.778. The maximum absolute atomic E-state index is 11.4. The normalized spacial score (nSPS) is 37.7. The summed E-state index contributed by atoms with van der Waals surface area (Å²) in [6.07, 6.45) is -1.17. The maximum Gasteiger partial charge on any atom is 0.506 e. The van der Waals surface area contributed by atoms with Crippen molar-refractivity contribution in [2.45, 2.75) is 31.2 Å². The number of rotatable bonds is 2. The predicted octanol–water partition coefficient (Wildman–Crippen LogP) is 0.400. The van der Waals surface area contributed by atoms with E-state index in [2.05, 4.69) is 9.47 Å². The molecule has 0 aromatic rings. The highest BCUT2D eigenvalue weighted by Crippen LogP contribution is 2.41. The average Bonchev–Trinajstić information content (AvgIpc) is 2.76. The van der Waals surface area contributed by atoms with E-state index in [4.69, 9.17) is 9.84 Å². The molecule has 2 rings (SSSR count). The van der Waals surface area contributed by atoms with Crippen molar-refractivity contribution in [2.75, 3.05) is 7.11 Å². The minimum absolute atomic E-state index is 0.258. The van der Waals surface area contributed by atoms with Gasteiger partial charge in [0.2, 0.25) is 0 Å². The lowest BCUT2D eigenvalue weighted by Gasteiger charge is -2.24. The van der Waals surface area contributed by atoms with Crippen LogP contribution in [0, 0.1) is 5.92 Å². The summed E-state index contributed by atoms with van der Waals surface area (Å²) in [5.74, 6) is -1.07. The van der Waals surface area contributed by atoms with E-state index in [0.29, 0.717) is 0 Å². The summed E-state index contributed by atoms with van der Waals surface area (Å²) in [6.45, 7) is 0. The summed E-state index contributed by atoms with van der Waals surface area (Å²) < 4.78 is 14.7. The molecule has 1 N–H and O–H groups in total. The Morgan fingerprint density at radius 3 is 2.60 bits per heavy atom. The molecule has 4 atom stereocenters. The molecule has 2 aliphatic rings. The van der Waals surface area contributed by atoms with Crippen LogP contribution < -0.4 is 0 Å². The summed E-state index contributed by atoms with van der Waals surface area (Å²) in [5.41, 5.74) is 0. The fourth-order valence-electron chi connectivity index (χ4n) is 2.33. The quantitative estimate of drug-likeness (QED) is 0.673. The molecule has 0 spiro atoms. The van der Waals surface area contributed by atoms with Gasteiger partial charge in [-0.15, -0.1) is 0 Å². The zero-order valence-electron chi connectivity index (χ0n) is 8.21.